The van der Waals surface area contributed by atoms with E-state index in [4.69, 9.17) is 24.3 Å². The van der Waals surface area contributed by atoms with E-state index in [-0.39, 0.29) is 6.32 Å². The maximum atomic E-state index is 11.7. The number of carbonyl (C=O) groups is 1. The Bertz CT molecular complexity index is 426. The maximum absolute atomic E-state index is 11.7. The van der Waals surface area contributed by atoms with Gasteiger partial charge in [0.25, 0.3) is 0 Å². The highest BCUT2D eigenvalue weighted by atomic mass is 16.5. The third-order valence-electron chi connectivity index (χ3n) is 2.38. The molecule has 0 aliphatic rings. The second kappa shape index (κ2) is 6.27. The zero-order valence-electron chi connectivity index (χ0n) is 10.6. The molecule has 1 rings (SSSR count). The van der Waals surface area contributed by atoms with Gasteiger partial charge in [0.2, 0.25) is 0 Å². The number of amides is 2. The fraction of sp³-hybridized carbons (Fsp3) is 0.364. The van der Waals surface area contributed by atoms with E-state index in [0.29, 0.717) is 23.6 Å². The van der Waals surface area contributed by atoms with Crippen molar-refractivity contribution in [2.24, 2.45) is 11.7 Å². The van der Waals surface area contributed by atoms with Crippen LogP contribution in [0.1, 0.15) is 12.5 Å². The molecule has 2 amide bonds. The quantitative estimate of drug-likeness (QED) is 0.348. The van der Waals surface area contributed by atoms with Crippen LogP contribution in [0.3, 0.4) is 0 Å². The Morgan fingerprint density at radius 3 is 2.61 bits per heavy atom. The smallest absolute Gasteiger partial charge is 0.352 e. The second-order valence-corrected chi connectivity index (χ2v) is 3.65. The number of ether oxygens (including phenoxy) is 1. The predicted octanol–water partition coefficient (Wildman–Crippen LogP) is 0.359. The monoisotopic (exact) mass is 248 g/mol. The average molecular weight is 248 g/mol. The summed E-state index contributed by atoms with van der Waals surface area (Å²) in [6.45, 7) is 2.37. The third kappa shape index (κ3) is 2.94. The second-order valence-electron chi connectivity index (χ2n) is 3.65. The minimum absolute atomic E-state index is 0.209. The SMILES string of the molecule is [B]Cc1c(OCC)cccc1N(N)C(=O)N(C)N. The molecule has 6 nitrogen and oxygen atoms in total. The molecule has 96 valence electrons. The number of hydrogen-bond donors (Lipinski definition) is 2. The van der Waals surface area contributed by atoms with Gasteiger partial charge in [-0.3, -0.25) is 5.01 Å². The van der Waals surface area contributed by atoms with Gasteiger partial charge in [-0.1, -0.05) is 12.4 Å². The molecule has 0 spiro atoms. The lowest BCUT2D eigenvalue weighted by Crippen LogP contribution is -2.49. The van der Waals surface area contributed by atoms with Gasteiger partial charge in [-0.2, -0.15) is 0 Å². The summed E-state index contributed by atoms with van der Waals surface area (Å²) in [4.78, 5) is 11.7. The summed E-state index contributed by atoms with van der Waals surface area (Å²) in [5, 5.41) is 1.85. The van der Waals surface area contributed by atoms with Crippen LogP contribution in [0.5, 0.6) is 5.75 Å². The van der Waals surface area contributed by atoms with Crippen molar-refractivity contribution in [1.29, 1.82) is 0 Å². The maximum Gasteiger partial charge on any atom is 0.352 e. The van der Waals surface area contributed by atoms with Crippen LogP contribution in [0.4, 0.5) is 10.5 Å². The Kier molecular flexibility index (Phi) is 5.00. The lowest BCUT2D eigenvalue weighted by molar-refractivity contribution is 0.216. The number of urea groups is 1. The van der Waals surface area contributed by atoms with Crippen molar-refractivity contribution in [3.05, 3.63) is 23.8 Å². The van der Waals surface area contributed by atoms with Crippen molar-refractivity contribution in [2.75, 3.05) is 18.7 Å². The molecule has 0 heterocycles. The van der Waals surface area contributed by atoms with E-state index in [2.05, 4.69) is 0 Å². The van der Waals surface area contributed by atoms with Crippen LogP contribution < -0.4 is 21.4 Å². The van der Waals surface area contributed by atoms with Crippen molar-refractivity contribution >= 4 is 19.6 Å². The van der Waals surface area contributed by atoms with Gasteiger partial charge in [0.1, 0.15) is 5.75 Å². The number of benzene rings is 1. The number of rotatable bonds is 4. The minimum Gasteiger partial charge on any atom is -0.494 e. The molecule has 0 bridgehead atoms. The molecule has 1 aromatic rings. The number of hydrogen-bond acceptors (Lipinski definition) is 4. The lowest BCUT2D eigenvalue weighted by atomic mass is 9.94. The molecular weight excluding hydrogens is 231 g/mol. The standard InChI is InChI=1S/C11H17BN4O2/c1-3-18-10-6-4-5-9(8(10)7-12)16(14)11(17)15(2)13/h4-6H,3,7,13-14H2,1-2H3. The molecule has 1 aromatic carbocycles. The Morgan fingerprint density at radius 2 is 2.11 bits per heavy atom. The van der Waals surface area contributed by atoms with E-state index in [1.807, 2.05) is 6.92 Å². The molecular formula is C11H17BN4O2. The summed E-state index contributed by atoms with van der Waals surface area (Å²) in [7, 11) is 7.09. The minimum atomic E-state index is -0.543. The van der Waals surface area contributed by atoms with Crippen LogP contribution in [-0.2, 0) is 6.32 Å². The van der Waals surface area contributed by atoms with Crippen LogP contribution in [0.2, 0.25) is 0 Å². The summed E-state index contributed by atoms with van der Waals surface area (Å²) in [6, 6.07) is 4.66. The lowest BCUT2D eigenvalue weighted by Gasteiger charge is -2.24. The molecule has 2 radical (unpaired) electrons. The average Bonchev–Trinajstić information content (AvgIpc) is 2.37. The molecule has 0 saturated heterocycles. The van der Waals surface area contributed by atoms with Gasteiger partial charge in [-0.15, -0.1) is 0 Å². The predicted molar refractivity (Wildman–Crippen MR) is 71.1 cm³/mol. The molecule has 18 heavy (non-hydrogen) atoms. The molecule has 0 saturated carbocycles. The van der Waals surface area contributed by atoms with Crippen molar-refractivity contribution < 1.29 is 9.53 Å². The molecule has 0 fully saturated rings. The Morgan fingerprint density at radius 1 is 1.44 bits per heavy atom. The molecule has 0 atom stereocenters. The summed E-state index contributed by atoms with van der Waals surface area (Å²) in [5.74, 6) is 11.7. The molecule has 0 aliphatic heterocycles. The highest BCUT2D eigenvalue weighted by molar-refractivity contribution is 6.09. The van der Waals surface area contributed by atoms with Gasteiger partial charge in [-0.05, 0) is 19.1 Å². The summed E-state index contributed by atoms with van der Waals surface area (Å²) < 4.78 is 5.44. The van der Waals surface area contributed by atoms with E-state index in [0.717, 1.165) is 10.0 Å². The van der Waals surface area contributed by atoms with Crippen molar-refractivity contribution in [3.8, 4) is 5.75 Å². The first kappa shape index (κ1) is 14.3. The van der Waals surface area contributed by atoms with E-state index in [1.54, 1.807) is 18.2 Å². The zero-order valence-corrected chi connectivity index (χ0v) is 10.6. The normalized spacial score (nSPS) is 10.0. The highest BCUT2D eigenvalue weighted by Gasteiger charge is 2.18. The van der Waals surface area contributed by atoms with Gasteiger partial charge in [-0.25, -0.2) is 21.5 Å². The summed E-state index contributed by atoms with van der Waals surface area (Å²) in [5.41, 5.74) is 1.14. The van der Waals surface area contributed by atoms with E-state index < -0.39 is 6.03 Å². The van der Waals surface area contributed by atoms with Gasteiger partial charge in [0.05, 0.1) is 20.1 Å². The van der Waals surface area contributed by atoms with Crippen molar-refractivity contribution in [2.45, 2.75) is 13.2 Å². The van der Waals surface area contributed by atoms with E-state index in [9.17, 15) is 4.79 Å². The molecule has 0 unspecified atom stereocenters. The first-order valence-electron chi connectivity index (χ1n) is 5.54. The Balaban J connectivity index is 3.15. The third-order valence-corrected chi connectivity index (χ3v) is 2.38. The van der Waals surface area contributed by atoms with Crippen molar-refractivity contribution in [3.63, 3.8) is 0 Å². The summed E-state index contributed by atoms with van der Waals surface area (Å²) >= 11 is 0. The number of anilines is 1. The number of hydrazine groups is 2. The zero-order chi connectivity index (χ0) is 13.7. The fourth-order valence-corrected chi connectivity index (χ4v) is 1.55. The molecule has 7 heteroatoms. The first-order chi connectivity index (χ1) is 8.52. The van der Waals surface area contributed by atoms with Crippen LogP contribution in [0, 0.1) is 0 Å². The van der Waals surface area contributed by atoms with Gasteiger partial charge in [0, 0.05) is 12.6 Å². The topological polar surface area (TPSA) is 84.8 Å². The number of nitrogens with zero attached hydrogens (tertiary/aromatic N) is 2. The summed E-state index contributed by atoms with van der Waals surface area (Å²) in [6.07, 6.45) is 0.209. The van der Waals surface area contributed by atoms with Crippen LogP contribution in [0.15, 0.2) is 18.2 Å². The van der Waals surface area contributed by atoms with Crippen LogP contribution in [-0.4, -0.2) is 32.5 Å². The van der Waals surface area contributed by atoms with Crippen LogP contribution in [0.25, 0.3) is 0 Å². The van der Waals surface area contributed by atoms with Crippen molar-refractivity contribution in [1.82, 2.24) is 5.01 Å². The van der Waals surface area contributed by atoms with Gasteiger partial charge in [0.15, 0.2) is 0 Å². The van der Waals surface area contributed by atoms with E-state index in [1.165, 1.54) is 7.05 Å². The molecule has 0 aliphatic carbocycles. The molecule has 0 aromatic heterocycles. The largest absolute Gasteiger partial charge is 0.494 e. The number of carbonyl (C=O) groups excluding carboxylic acids is 1. The van der Waals surface area contributed by atoms with Gasteiger partial charge < -0.3 is 4.74 Å². The fourth-order valence-electron chi connectivity index (χ4n) is 1.55. The first-order valence-corrected chi connectivity index (χ1v) is 5.54. The van der Waals surface area contributed by atoms with Crippen LogP contribution >= 0.6 is 0 Å². The van der Waals surface area contributed by atoms with E-state index >= 15 is 0 Å². The Labute approximate surface area is 108 Å². The Hall–Kier alpha value is -1.73. The molecule has 4 N–H and O–H groups in total. The van der Waals surface area contributed by atoms with Gasteiger partial charge >= 0.3 is 6.03 Å². The number of nitrogens with two attached hydrogens (primary N) is 2. The highest BCUT2D eigenvalue weighted by Crippen LogP contribution is 2.28.